The standard InChI is InChI=1S/C3H4N6/c1-2-4-6-5-3(1)9-7-8-9/h1-2,7-8H. The summed E-state index contributed by atoms with van der Waals surface area (Å²) in [6.45, 7) is 0. The maximum atomic E-state index is 3.68. The molecule has 2 aromatic heterocycles. The molecular weight excluding hydrogens is 120 g/mol. The molecule has 0 fully saturated rings. The molecule has 6 nitrogen and oxygen atoms in total. The van der Waals surface area contributed by atoms with Crippen molar-refractivity contribution in [3.05, 3.63) is 12.3 Å². The Kier molecular flexibility index (Phi) is 0.689. The Bertz CT molecular complexity index is 253. The number of nitrogens with zero attached hydrogens (tertiary/aromatic N) is 4. The zero-order valence-electron chi connectivity index (χ0n) is 4.44. The third-order valence-electron chi connectivity index (χ3n) is 0.942. The van der Waals surface area contributed by atoms with Crippen LogP contribution in [0.2, 0.25) is 0 Å². The molecule has 2 N–H and O–H groups in total. The predicted molar refractivity (Wildman–Crippen MR) is 27.9 cm³/mol. The summed E-state index contributed by atoms with van der Waals surface area (Å²) in [5.41, 5.74) is 0. The number of aromatic nitrogens is 6. The molecule has 0 aliphatic carbocycles. The van der Waals surface area contributed by atoms with Crippen LogP contribution in [-0.4, -0.2) is 30.6 Å². The lowest BCUT2D eigenvalue weighted by molar-refractivity contribution is 0.816. The summed E-state index contributed by atoms with van der Waals surface area (Å²) < 4.78 is 0. The molecule has 0 aromatic carbocycles. The van der Waals surface area contributed by atoms with E-state index in [1.54, 1.807) is 17.1 Å². The number of hydrogen-bond donors (Lipinski definition) is 2. The van der Waals surface area contributed by atoms with E-state index in [9.17, 15) is 0 Å². The Balaban J connectivity index is 2.44. The minimum atomic E-state index is 0.713. The summed E-state index contributed by atoms with van der Waals surface area (Å²) in [5.74, 6) is 0.713. The number of hydrogen-bond acceptors (Lipinski definition) is 3. The highest BCUT2D eigenvalue weighted by molar-refractivity contribution is 5.12. The van der Waals surface area contributed by atoms with Crippen molar-refractivity contribution in [3.63, 3.8) is 0 Å². The van der Waals surface area contributed by atoms with Gasteiger partial charge in [-0.15, -0.1) is 15.0 Å². The summed E-state index contributed by atoms with van der Waals surface area (Å²) in [5, 5.41) is 16.0. The van der Waals surface area contributed by atoms with Crippen LogP contribution in [0.1, 0.15) is 0 Å². The molecule has 0 saturated carbocycles. The first-order chi connectivity index (χ1) is 4.47. The number of aromatic amines is 2. The topological polar surface area (TPSA) is 75.2 Å². The fourth-order valence-corrected chi connectivity index (χ4v) is 0.494. The largest absolute Gasteiger partial charge is 0.203 e. The van der Waals surface area contributed by atoms with Gasteiger partial charge in [0, 0.05) is 6.07 Å². The van der Waals surface area contributed by atoms with Crippen LogP contribution >= 0.6 is 0 Å². The first-order valence-corrected chi connectivity index (χ1v) is 2.42. The van der Waals surface area contributed by atoms with Gasteiger partial charge in [-0.2, -0.15) is 0 Å². The van der Waals surface area contributed by atoms with Crippen LogP contribution in [-0.2, 0) is 0 Å². The average molecular weight is 124 g/mol. The fourth-order valence-electron chi connectivity index (χ4n) is 0.494. The molecule has 0 bridgehead atoms. The Morgan fingerprint density at radius 2 is 2.33 bits per heavy atom. The van der Waals surface area contributed by atoms with Crippen LogP contribution in [0.3, 0.4) is 0 Å². The fraction of sp³-hybridized carbons (Fsp3) is 0. The van der Waals surface area contributed by atoms with Crippen LogP contribution < -0.4 is 0 Å². The predicted octanol–water partition coefficient (Wildman–Crippen LogP) is -0.682. The van der Waals surface area contributed by atoms with Crippen LogP contribution in [0, 0.1) is 0 Å². The van der Waals surface area contributed by atoms with E-state index in [-0.39, 0.29) is 0 Å². The van der Waals surface area contributed by atoms with Gasteiger partial charge in [0.05, 0.1) is 6.20 Å². The molecule has 6 heteroatoms. The van der Waals surface area contributed by atoms with E-state index < -0.39 is 0 Å². The molecule has 0 radical (unpaired) electrons. The van der Waals surface area contributed by atoms with Gasteiger partial charge in [0.1, 0.15) is 0 Å². The summed E-state index contributed by atoms with van der Waals surface area (Å²) in [4.78, 5) is 1.62. The molecule has 46 valence electrons. The molecule has 2 rings (SSSR count). The van der Waals surface area contributed by atoms with E-state index in [1.807, 2.05) is 0 Å². The second kappa shape index (κ2) is 1.44. The minimum absolute atomic E-state index is 0.713. The van der Waals surface area contributed by atoms with Gasteiger partial charge in [0.15, 0.2) is 5.82 Å². The molecule has 0 amide bonds. The summed E-state index contributed by atoms with van der Waals surface area (Å²) >= 11 is 0. The normalized spacial score (nSPS) is 10.2. The molecule has 2 aromatic rings. The van der Waals surface area contributed by atoms with Crippen molar-refractivity contribution in [1.29, 1.82) is 0 Å². The zero-order chi connectivity index (χ0) is 6.10. The quantitative estimate of drug-likeness (QED) is 0.528. The lowest BCUT2D eigenvalue weighted by Gasteiger charge is -1.83. The highest BCUT2D eigenvalue weighted by Crippen LogP contribution is 1.93. The van der Waals surface area contributed by atoms with E-state index >= 15 is 0 Å². The molecule has 0 aliphatic rings. The van der Waals surface area contributed by atoms with E-state index in [0.29, 0.717) is 5.82 Å². The van der Waals surface area contributed by atoms with Gasteiger partial charge in [-0.25, -0.2) is 10.4 Å². The number of nitrogens with one attached hydrogen (secondary N) is 2. The third-order valence-corrected chi connectivity index (χ3v) is 0.942. The van der Waals surface area contributed by atoms with Crippen LogP contribution in [0.25, 0.3) is 5.82 Å². The molecule has 0 atom stereocenters. The van der Waals surface area contributed by atoms with E-state index in [0.717, 1.165) is 0 Å². The smallest absolute Gasteiger partial charge is 0.198 e. The molecule has 0 spiro atoms. The highest BCUT2D eigenvalue weighted by atomic mass is 15.8. The van der Waals surface area contributed by atoms with E-state index in [4.69, 9.17) is 0 Å². The van der Waals surface area contributed by atoms with Crippen molar-refractivity contribution in [2.45, 2.75) is 0 Å². The van der Waals surface area contributed by atoms with E-state index in [1.165, 1.54) is 0 Å². The van der Waals surface area contributed by atoms with Gasteiger partial charge in [0.25, 0.3) is 0 Å². The van der Waals surface area contributed by atoms with Gasteiger partial charge in [-0.1, -0.05) is 0 Å². The van der Waals surface area contributed by atoms with Crippen molar-refractivity contribution >= 4 is 0 Å². The molecular formula is C3H4N6. The maximum Gasteiger partial charge on any atom is 0.198 e. The Morgan fingerprint density at radius 1 is 1.44 bits per heavy atom. The van der Waals surface area contributed by atoms with Crippen molar-refractivity contribution in [2.24, 2.45) is 0 Å². The summed E-state index contributed by atoms with van der Waals surface area (Å²) in [6.07, 6.45) is 1.57. The third kappa shape index (κ3) is 0.693. The van der Waals surface area contributed by atoms with Crippen molar-refractivity contribution < 1.29 is 0 Å². The number of H-pyrrole nitrogens is 2. The zero-order valence-corrected chi connectivity index (χ0v) is 4.44. The van der Waals surface area contributed by atoms with Gasteiger partial charge in [0.2, 0.25) is 0 Å². The SMILES string of the molecule is c1cc(-n2[nH][nH]2)nnn1. The average Bonchev–Trinajstić information content (AvgIpc) is 2.71. The van der Waals surface area contributed by atoms with Gasteiger partial charge in [-0.3, -0.25) is 0 Å². The lowest BCUT2D eigenvalue weighted by atomic mass is 10.6. The van der Waals surface area contributed by atoms with Gasteiger partial charge >= 0.3 is 0 Å². The molecule has 0 saturated heterocycles. The molecule has 2 heterocycles. The second-order valence-corrected chi connectivity index (χ2v) is 1.54. The maximum absolute atomic E-state index is 3.68. The Morgan fingerprint density at radius 3 is 2.89 bits per heavy atom. The van der Waals surface area contributed by atoms with Crippen LogP contribution in [0.5, 0.6) is 0 Å². The van der Waals surface area contributed by atoms with Crippen LogP contribution in [0.4, 0.5) is 0 Å². The summed E-state index contributed by atoms with van der Waals surface area (Å²) in [7, 11) is 0. The van der Waals surface area contributed by atoms with Gasteiger partial charge in [-0.05, 0) is 5.21 Å². The van der Waals surface area contributed by atoms with Crippen molar-refractivity contribution in [3.8, 4) is 5.82 Å². The first-order valence-electron chi connectivity index (χ1n) is 2.42. The van der Waals surface area contributed by atoms with Crippen molar-refractivity contribution in [1.82, 2.24) is 30.6 Å². The Labute approximate surface area is 49.8 Å². The minimum Gasteiger partial charge on any atom is -0.203 e. The highest BCUT2D eigenvalue weighted by Gasteiger charge is 1.97. The Hall–Kier alpha value is -1.59. The first kappa shape index (κ1) is 4.30. The van der Waals surface area contributed by atoms with E-state index in [2.05, 4.69) is 25.8 Å². The van der Waals surface area contributed by atoms with Crippen molar-refractivity contribution in [2.75, 3.05) is 0 Å². The number of rotatable bonds is 1. The molecule has 9 heavy (non-hydrogen) atoms. The van der Waals surface area contributed by atoms with Crippen LogP contribution in [0.15, 0.2) is 12.3 Å². The second-order valence-electron chi connectivity index (χ2n) is 1.54. The summed E-state index contributed by atoms with van der Waals surface area (Å²) in [6, 6.07) is 1.74. The monoisotopic (exact) mass is 124 g/mol. The van der Waals surface area contributed by atoms with Gasteiger partial charge < -0.3 is 0 Å². The lowest BCUT2D eigenvalue weighted by Crippen LogP contribution is -1.92. The molecule has 0 unspecified atom stereocenters. The molecule has 0 aliphatic heterocycles.